The van der Waals surface area contributed by atoms with E-state index in [-0.39, 0.29) is 30.7 Å². The molecule has 0 aromatic carbocycles. The van der Waals surface area contributed by atoms with E-state index >= 15 is 0 Å². The third kappa shape index (κ3) is 0.520. The van der Waals surface area contributed by atoms with Gasteiger partial charge in [-0.25, -0.2) is 0 Å². The lowest BCUT2D eigenvalue weighted by Crippen LogP contribution is -1.92. The third-order valence-electron chi connectivity index (χ3n) is 2.50. The maximum absolute atomic E-state index is 8.69. The summed E-state index contributed by atoms with van der Waals surface area (Å²) in [4.78, 5) is 0. The van der Waals surface area contributed by atoms with Crippen LogP contribution < -0.4 is 0 Å². The van der Waals surface area contributed by atoms with E-state index in [1.807, 2.05) is 0 Å². The Hall–Kier alpha value is -0.120. The van der Waals surface area contributed by atoms with Crippen LogP contribution in [0.15, 0.2) is 0 Å². The van der Waals surface area contributed by atoms with Crippen molar-refractivity contribution < 1.29 is 14.9 Å². The summed E-state index contributed by atoms with van der Waals surface area (Å²) in [5.74, 6) is 0.449. The number of hydrogen-bond donors (Lipinski definition) is 2. The van der Waals surface area contributed by atoms with Crippen LogP contribution in [0.2, 0.25) is 0 Å². The molecule has 3 heteroatoms. The lowest BCUT2D eigenvalue weighted by atomic mass is 10.3. The second-order valence-corrected chi connectivity index (χ2v) is 2.82. The average Bonchev–Trinajstić information content (AvgIpc) is 2.73. The Morgan fingerprint density at radius 2 is 1.78 bits per heavy atom. The Bertz CT molecular complexity index is 118. The van der Waals surface area contributed by atoms with Gasteiger partial charge in [0.05, 0.1) is 6.61 Å². The molecule has 0 aromatic heterocycles. The van der Waals surface area contributed by atoms with Crippen LogP contribution in [0.1, 0.15) is 0 Å². The van der Waals surface area contributed by atoms with Crippen LogP contribution in [0.25, 0.3) is 0 Å². The molecule has 0 aromatic rings. The zero-order valence-corrected chi connectivity index (χ0v) is 5.08. The number of rotatable bonds is 2. The SMILES string of the molecule is OC[C@@H]1[C@@H](CO)C12CO2. The highest BCUT2D eigenvalue weighted by Gasteiger charge is 2.73. The molecule has 1 aliphatic carbocycles. The summed E-state index contributed by atoms with van der Waals surface area (Å²) in [5.41, 5.74) is -0.0660. The van der Waals surface area contributed by atoms with Gasteiger partial charge in [0.1, 0.15) is 5.60 Å². The second kappa shape index (κ2) is 1.48. The lowest BCUT2D eigenvalue weighted by molar-refractivity contribution is 0.232. The molecule has 0 unspecified atom stereocenters. The highest BCUT2D eigenvalue weighted by atomic mass is 16.6. The Labute approximate surface area is 53.3 Å². The van der Waals surface area contributed by atoms with Gasteiger partial charge in [-0.05, 0) is 0 Å². The maximum atomic E-state index is 8.69. The predicted octanol–water partition coefficient (Wildman–Crippen LogP) is -1.01. The molecule has 1 saturated carbocycles. The lowest BCUT2D eigenvalue weighted by Gasteiger charge is -1.83. The Morgan fingerprint density at radius 3 is 1.89 bits per heavy atom. The molecule has 0 amide bonds. The van der Waals surface area contributed by atoms with Gasteiger partial charge in [-0.2, -0.15) is 0 Å². The van der Waals surface area contributed by atoms with Gasteiger partial charge in [0.15, 0.2) is 0 Å². The quantitative estimate of drug-likeness (QED) is 0.471. The van der Waals surface area contributed by atoms with E-state index in [2.05, 4.69) is 0 Å². The summed E-state index contributed by atoms with van der Waals surface area (Å²) in [6, 6.07) is 0. The summed E-state index contributed by atoms with van der Waals surface area (Å²) in [7, 11) is 0. The van der Waals surface area contributed by atoms with E-state index < -0.39 is 0 Å². The third-order valence-corrected chi connectivity index (χ3v) is 2.50. The van der Waals surface area contributed by atoms with Crippen molar-refractivity contribution in [1.82, 2.24) is 0 Å². The molecule has 2 aliphatic rings. The predicted molar refractivity (Wildman–Crippen MR) is 29.8 cm³/mol. The van der Waals surface area contributed by atoms with Crippen molar-refractivity contribution in [3.05, 3.63) is 0 Å². The molecule has 1 spiro atoms. The van der Waals surface area contributed by atoms with E-state index in [1.54, 1.807) is 0 Å². The van der Waals surface area contributed by atoms with Gasteiger partial charge in [-0.1, -0.05) is 0 Å². The molecule has 2 atom stereocenters. The first-order chi connectivity index (χ1) is 4.35. The fraction of sp³-hybridized carbons (Fsp3) is 1.00. The summed E-state index contributed by atoms with van der Waals surface area (Å²) in [6.07, 6.45) is 0. The molecule has 9 heavy (non-hydrogen) atoms. The standard InChI is InChI=1S/C6H10O3/c7-1-4-5(2-8)6(4)3-9-6/h4-5,7-8H,1-3H2/t4-,5-/m1/s1. The normalized spacial score (nSPS) is 54.0. The Kier molecular flexibility index (Phi) is 0.928. The molecule has 52 valence electrons. The van der Waals surface area contributed by atoms with Crippen molar-refractivity contribution in [2.24, 2.45) is 11.8 Å². The van der Waals surface area contributed by atoms with Crippen molar-refractivity contribution >= 4 is 0 Å². The highest BCUT2D eigenvalue weighted by molar-refractivity contribution is 5.20. The second-order valence-electron chi connectivity index (χ2n) is 2.82. The van der Waals surface area contributed by atoms with Crippen LogP contribution in [-0.4, -0.2) is 35.6 Å². The van der Waals surface area contributed by atoms with Crippen molar-refractivity contribution in [3.63, 3.8) is 0 Å². The zero-order valence-electron chi connectivity index (χ0n) is 5.08. The number of ether oxygens (including phenoxy) is 1. The topological polar surface area (TPSA) is 53.0 Å². The number of aliphatic hydroxyl groups is 2. The molecule has 0 radical (unpaired) electrons. The van der Waals surface area contributed by atoms with E-state index in [9.17, 15) is 0 Å². The van der Waals surface area contributed by atoms with Gasteiger partial charge >= 0.3 is 0 Å². The van der Waals surface area contributed by atoms with Crippen molar-refractivity contribution in [2.75, 3.05) is 19.8 Å². The van der Waals surface area contributed by atoms with E-state index in [1.165, 1.54) is 0 Å². The largest absolute Gasteiger partial charge is 0.396 e. The van der Waals surface area contributed by atoms with Gasteiger partial charge in [0, 0.05) is 25.0 Å². The molecular weight excluding hydrogens is 120 g/mol. The molecule has 1 aliphatic heterocycles. The molecule has 2 rings (SSSR count). The number of aliphatic hydroxyl groups excluding tert-OH is 2. The van der Waals surface area contributed by atoms with Crippen LogP contribution >= 0.6 is 0 Å². The first-order valence-corrected chi connectivity index (χ1v) is 3.21. The van der Waals surface area contributed by atoms with Crippen molar-refractivity contribution in [2.45, 2.75) is 5.60 Å². The summed E-state index contributed by atoms with van der Waals surface area (Å²) >= 11 is 0. The first kappa shape index (κ1) is 5.65. The van der Waals surface area contributed by atoms with Crippen LogP contribution in [0.3, 0.4) is 0 Å². The molecule has 2 fully saturated rings. The van der Waals surface area contributed by atoms with Crippen LogP contribution in [0, 0.1) is 11.8 Å². The van der Waals surface area contributed by atoms with Gasteiger partial charge < -0.3 is 14.9 Å². The van der Waals surface area contributed by atoms with E-state index in [0.29, 0.717) is 0 Å². The zero-order chi connectivity index (χ0) is 6.48. The molecule has 2 N–H and O–H groups in total. The monoisotopic (exact) mass is 130 g/mol. The molecular formula is C6H10O3. The van der Waals surface area contributed by atoms with Gasteiger partial charge in [-0.3, -0.25) is 0 Å². The molecule has 3 nitrogen and oxygen atoms in total. The fourth-order valence-electron chi connectivity index (χ4n) is 1.65. The molecule has 1 heterocycles. The maximum Gasteiger partial charge on any atom is 0.102 e. The minimum atomic E-state index is -0.0660. The van der Waals surface area contributed by atoms with Crippen LogP contribution in [0.4, 0.5) is 0 Å². The first-order valence-electron chi connectivity index (χ1n) is 3.21. The van der Waals surface area contributed by atoms with E-state index in [4.69, 9.17) is 14.9 Å². The summed E-state index contributed by atoms with van der Waals surface area (Å²) < 4.78 is 5.09. The summed E-state index contributed by atoms with van der Waals surface area (Å²) in [6.45, 7) is 1.06. The van der Waals surface area contributed by atoms with Gasteiger partial charge in [0.2, 0.25) is 0 Å². The minimum Gasteiger partial charge on any atom is -0.396 e. The Balaban J connectivity index is 1.99. The molecule has 1 saturated heterocycles. The smallest absolute Gasteiger partial charge is 0.102 e. The van der Waals surface area contributed by atoms with Crippen molar-refractivity contribution in [1.29, 1.82) is 0 Å². The fourth-order valence-corrected chi connectivity index (χ4v) is 1.65. The number of epoxide rings is 1. The minimum absolute atomic E-state index is 0.0660. The average molecular weight is 130 g/mol. The van der Waals surface area contributed by atoms with E-state index in [0.717, 1.165) is 6.61 Å². The van der Waals surface area contributed by atoms with Gasteiger partial charge in [0.25, 0.3) is 0 Å². The van der Waals surface area contributed by atoms with Crippen LogP contribution in [0.5, 0.6) is 0 Å². The van der Waals surface area contributed by atoms with Gasteiger partial charge in [-0.15, -0.1) is 0 Å². The highest BCUT2D eigenvalue weighted by Crippen LogP contribution is 2.61. The summed E-state index contributed by atoms with van der Waals surface area (Å²) in [5, 5.41) is 17.4. The Morgan fingerprint density at radius 1 is 1.33 bits per heavy atom. The number of hydrogen-bond acceptors (Lipinski definition) is 3. The van der Waals surface area contributed by atoms with Crippen LogP contribution in [-0.2, 0) is 4.74 Å². The van der Waals surface area contributed by atoms with Crippen molar-refractivity contribution in [3.8, 4) is 0 Å². The molecule has 0 bridgehead atoms.